The van der Waals surface area contributed by atoms with Crippen molar-refractivity contribution in [3.8, 4) is 0 Å². The number of carbonyl (C=O) groups is 6. The lowest BCUT2D eigenvalue weighted by atomic mass is 9.99. The summed E-state index contributed by atoms with van der Waals surface area (Å²) in [6.07, 6.45) is 0.222. The third kappa shape index (κ3) is 20.0. The van der Waals surface area contributed by atoms with Gasteiger partial charge in [-0.2, -0.15) is 0 Å². The van der Waals surface area contributed by atoms with Crippen LogP contribution in [0, 0.1) is 0 Å². The van der Waals surface area contributed by atoms with Crippen LogP contribution in [0.25, 0.3) is 10.9 Å². The second-order valence-electron chi connectivity index (χ2n) is 23.1. The molecule has 0 radical (unpaired) electrons. The first kappa shape index (κ1) is 60.5. The molecule has 0 aliphatic carbocycles. The number of aliphatic imine (C=N–C) groups is 1. The van der Waals surface area contributed by atoms with Gasteiger partial charge in [0, 0.05) is 42.1 Å². The largest absolute Gasteiger partial charge is 0.458 e. The Hall–Kier alpha value is -7.33. The summed E-state index contributed by atoms with van der Waals surface area (Å²) in [5.41, 5.74) is 0.789. The molecule has 0 spiro atoms. The Morgan fingerprint density at radius 2 is 1.08 bits per heavy atom. The van der Waals surface area contributed by atoms with E-state index in [0.29, 0.717) is 35.0 Å². The summed E-state index contributed by atoms with van der Waals surface area (Å²) >= 11 is 0. The van der Waals surface area contributed by atoms with Gasteiger partial charge in [-0.25, -0.2) is 14.4 Å². The Morgan fingerprint density at radius 3 is 1.64 bits per heavy atom. The lowest BCUT2D eigenvalue weighted by Crippen LogP contribution is -2.59. The number of nitrogens with zero attached hydrogens (tertiary/aromatic N) is 2. The SMILES string of the molecule is C[C@@H](OC(C)(C)C)[C@H](NC(=O)[C@H](CCCCNC(=O)OC(C)(C)C)NC(=O)[C@@H](Cc1cn(C(=O)OC(C)(C)C)c2ccccc12)NC(=O)[C@H](Cc1ccccc1)N=C(c1ccccc1)c1ccccc1)C(=O)OC(C)(C)C. The monoisotopic (exact) mass is 1060 g/mol. The Labute approximate surface area is 454 Å². The summed E-state index contributed by atoms with van der Waals surface area (Å²) in [7, 11) is 0. The summed E-state index contributed by atoms with van der Waals surface area (Å²) in [5, 5.41) is 12.2. The van der Waals surface area contributed by atoms with Gasteiger partial charge >= 0.3 is 18.2 Å². The summed E-state index contributed by atoms with van der Waals surface area (Å²) in [6, 6.07) is 30.6. The van der Waals surface area contributed by atoms with Crippen molar-refractivity contribution in [2.75, 3.05) is 6.54 Å². The summed E-state index contributed by atoms with van der Waals surface area (Å²) in [5.74, 6) is -2.77. The van der Waals surface area contributed by atoms with E-state index >= 15 is 9.59 Å². The smallest absolute Gasteiger partial charge is 0.419 e. The van der Waals surface area contributed by atoms with Crippen molar-refractivity contribution in [1.82, 2.24) is 25.8 Å². The first-order chi connectivity index (χ1) is 36.1. The zero-order chi connectivity index (χ0) is 56.7. The highest BCUT2D eigenvalue weighted by Crippen LogP contribution is 2.26. The standard InChI is InChI=1S/C61H80N6O10/c1-40(74-58(2,3)4)50(55(71)75-59(5,6)7)66-52(68)46(34-25-26-36-62-56(72)76-60(8,9)10)64-54(70)48(38-44-39-67(57(73)77-61(11,12)13)49-35-24-23-33-45(44)49)65-53(69)47(37-41-27-17-14-18-28-41)63-51(42-29-19-15-20-30-42)43-31-21-16-22-32-43/h14-24,27-33,35,39-40,46-48,50H,25-26,34,36-38H2,1-13H3,(H,62,72)(H,64,70)(H,65,69)(H,66,68)/t40-,46+,47+,48-,50+/m1/s1. The molecule has 0 saturated carbocycles. The lowest BCUT2D eigenvalue weighted by molar-refractivity contribution is -0.166. The molecule has 77 heavy (non-hydrogen) atoms. The molecule has 0 bridgehead atoms. The molecular formula is C61H80N6O10. The van der Waals surface area contributed by atoms with Crippen LogP contribution in [0.2, 0.25) is 0 Å². The van der Waals surface area contributed by atoms with Crippen molar-refractivity contribution in [3.63, 3.8) is 0 Å². The molecule has 0 aliphatic rings. The molecule has 5 atom stereocenters. The van der Waals surface area contributed by atoms with Gasteiger partial charge in [-0.15, -0.1) is 0 Å². The number of unbranched alkanes of at least 4 members (excludes halogenated alkanes) is 1. The van der Waals surface area contributed by atoms with Crippen molar-refractivity contribution < 1.29 is 47.7 Å². The zero-order valence-corrected chi connectivity index (χ0v) is 47.2. The topological polar surface area (TPSA) is 205 Å². The fraction of sp³-hybridized carbons (Fsp3) is 0.459. The number of esters is 1. The van der Waals surface area contributed by atoms with E-state index in [-0.39, 0.29) is 25.8 Å². The quantitative estimate of drug-likeness (QED) is 0.0237. The minimum absolute atomic E-state index is 0.0418. The predicted octanol–water partition coefficient (Wildman–Crippen LogP) is 9.81. The fourth-order valence-corrected chi connectivity index (χ4v) is 8.40. The molecular weight excluding hydrogens is 977 g/mol. The van der Waals surface area contributed by atoms with Crippen LogP contribution >= 0.6 is 0 Å². The van der Waals surface area contributed by atoms with E-state index < -0.39 is 88.6 Å². The van der Waals surface area contributed by atoms with Gasteiger partial charge < -0.3 is 40.2 Å². The number of amides is 4. The normalized spacial score (nSPS) is 13.9. The minimum atomic E-state index is -1.38. The van der Waals surface area contributed by atoms with E-state index in [9.17, 15) is 19.2 Å². The minimum Gasteiger partial charge on any atom is -0.458 e. The Bertz CT molecular complexity index is 2760. The van der Waals surface area contributed by atoms with Gasteiger partial charge in [0.15, 0.2) is 6.04 Å². The number of benzene rings is 4. The van der Waals surface area contributed by atoms with Crippen LogP contribution < -0.4 is 21.3 Å². The highest BCUT2D eigenvalue weighted by Gasteiger charge is 2.37. The predicted molar refractivity (Wildman–Crippen MR) is 300 cm³/mol. The molecule has 0 aliphatic heterocycles. The third-order valence-corrected chi connectivity index (χ3v) is 11.6. The van der Waals surface area contributed by atoms with Crippen LogP contribution in [0.1, 0.15) is 132 Å². The van der Waals surface area contributed by atoms with Gasteiger partial charge in [0.25, 0.3) is 0 Å². The van der Waals surface area contributed by atoms with Crippen molar-refractivity contribution in [1.29, 1.82) is 0 Å². The molecule has 4 aromatic carbocycles. The Morgan fingerprint density at radius 1 is 0.558 bits per heavy atom. The highest BCUT2D eigenvalue weighted by molar-refractivity contribution is 6.13. The van der Waals surface area contributed by atoms with Crippen LogP contribution in [0.5, 0.6) is 0 Å². The molecule has 4 amide bonds. The lowest BCUT2D eigenvalue weighted by Gasteiger charge is -2.33. The van der Waals surface area contributed by atoms with Gasteiger partial charge in [-0.05, 0) is 126 Å². The molecule has 414 valence electrons. The number of hydrogen-bond donors (Lipinski definition) is 4. The van der Waals surface area contributed by atoms with Crippen LogP contribution in [0.4, 0.5) is 9.59 Å². The Kier molecular flexibility index (Phi) is 20.9. The van der Waals surface area contributed by atoms with Gasteiger partial charge in [0.2, 0.25) is 17.7 Å². The number of ether oxygens (including phenoxy) is 4. The van der Waals surface area contributed by atoms with Crippen molar-refractivity contribution in [2.24, 2.45) is 4.99 Å². The van der Waals surface area contributed by atoms with Gasteiger partial charge in [-0.3, -0.25) is 23.9 Å². The molecule has 1 heterocycles. The molecule has 16 heteroatoms. The number of para-hydroxylation sites is 1. The maximum atomic E-state index is 15.3. The van der Waals surface area contributed by atoms with Gasteiger partial charge in [0.1, 0.15) is 34.9 Å². The average Bonchev–Trinajstić information content (AvgIpc) is 3.71. The van der Waals surface area contributed by atoms with E-state index in [1.165, 1.54) is 4.57 Å². The molecule has 16 nitrogen and oxygen atoms in total. The van der Waals surface area contributed by atoms with E-state index in [1.807, 2.05) is 124 Å². The van der Waals surface area contributed by atoms with E-state index in [1.54, 1.807) is 87.6 Å². The number of carbonyl (C=O) groups excluding carboxylic acids is 6. The molecule has 0 unspecified atom stereocenters. The van der Waals surface area contributed by atoms with Crippen LogP contribution in [-0.4, -0.2) is 105 Å². The first-order valence-corrected chi connectivity index (χ1v) is 26.4. The summed E-state index contributed by atoms with van der Waals surface area (Å²) < 4.78 is 24.5. The van der Waals surface area contributed by atoms with Crippen LogP contribution in [0.3, 0.4) is 0 Å². The number of aromatic nitrogens is 1. The maximum absolute atomic E-state index is 15.3. The van der Waals surface area contributed by atoms with Crippen molar-refractivity contribution >= 4 is 52.5 Å². The van der Waals surface area contributed by atoms with Crippen LogP contribution in [-0.2, 0) is 51.0 Å². The van der Waals surface area contributed by atoms with Crippen molar-refractivity contribution in [3.05, 3.63) is 144 Å². The number of alkyl carbamates (subject to hydrolysis) is 1. The number of hydrogen-bond acceptors (Lipinski definition) is 11. The van der Waals surface area contributed by atoms with Gasteiger partial charge in [-0.1, -0.05) is 109 Å². The van der Waals surface area contributed by atoms with Gasteiger partial charge in [0.05, 0.1) is 22.9 Å². The molecule has 5 rings (SSSR count). The molecule has 0 fully saturated rings. The Balaban J connectivity index is 1.60. The van der Waals surface area contributed by atoms with E-state index in [2.05, 4.69) is 21.3 Å². The molecule has 4 N–H and O–H groups in total. The number of rotatable bonds is 21. The highest BCUT2D eigenvalue weighted by atomic mass is 16.6. The van der Waals surface area contributed by atoms with E-state index in [4.69, 9.17) is 23.9 Å². The zero-order valence-electron chi connectivity index (χ0n) is 47.2. The fourth-order valence-electron chi connectivity index (χ4n) is 8.40. The summed E-state index contributed by atoms with van der Waals surface area (Å²) in [6.45, 7) is 23.0. The van der Waals surface area contributed by atoms with Crippen LogP contribution in [0.15, 0.2) is 126 Å². The second kappa shape index (κ2) is 26.6. The number of nitrogens with one attached hydrogen (secondary N) is 4. The third-order valence-electron chi connectivity index (χ3n) is 11.6. The number of fused-ring (bicyclic) bond motifs is 1. The average molecular weight is 1060 g/mol. The molecule has 5 aromatic rings. The van der Waals surface area contributed by atoms with Crippen molar-refractivity contribution in [2.45, 2.75) is 175 Å². The van der Waals surface area contributed by atoms with E-state index in [0.717, 1.165) is 16.7 Å². The first-order valence-electron chi connectivity index (χ1n) is 26.4. The summed E-state index contributed by atoms with van der Waals surface area (Å²) in [4.78, 5) is 90.7. The second-order valence-corrected chi connectivity index (χ2v) is 23.1. The molecule has 0 saturated heterocycles. The maximum Gasteiger partial charge on any atom is 0.419 e. The molecule has 1 aromatic heterocycles.